The minimum atomic E-state index is -3.77. The van der Waals surface area contributed by atoms with Crippen molar-refractivity contribution >= 4 is 21.9 Å². The number of fused-ring (bicyclic) bond motifs is 1. The predicted octanol–water partition coefficient (Wildman–Crippen LogP) is 1.64. The Balaban J connectivity index is 1.79. The van der Waals surface area contributed by atoms with Crippen LogP contribution >= 0.6 is 0 Å². The number of nitrogens with zero attached hydrogens (tertiary/aromatic N) is 2. The Morgan fingerprint density at radius 2 is 1.85 bits per heavy atom. The molecule has 0 bridgehead atoms. The summed E-state index contributed by atoms with van der Waals surface area (Å²) in [6, 6.07) is 7.39. The average Bonchev–Trinajstić information content (AvgIpc) is 3.07. The van der Waals surface area contributed by atoms with Crippen molar-refractivity contribution in [2.24, 2.45) is 5.92 Å². The fourth-order valence-corrected chi connectivity index (χ4v) is 5.44. The van der Waals surface area contributed by atoms with Gasteiger partial charge in [-0.2, -0.15) is 4.31 Å². The molecule has 2 fully saturated rings. The van der Waals surface area contributed by atoms with Crippen LogP contribution in [0.15, 0.2) is 35.2 Å². The molecule has 1 aliphatic heterocycles. The molecule has 2 aliphatic rings. The molecule has 1 aromatic carbocycles. The van der Waals surface area contributed by atoms with Gasteiger partial charge in [-0.05, 0) is 37.3 Å². The summed E-state index contributed by atoms with van der Waals surface area (Å²) in [6.45, 7) is -0.298. The van der Waals surface area contributed by atoms with Gasteiger partial charge in [-0.1, -0.05) is 31.0 Å². The minimum Gasteiger partial charge on any atom is -0.467 e. The lowest BCUT2D eigenvalue weighted by Gasteiger charge is -2.34. The monoisotopic (exact) mass is 394 g/mol. The van der Waals surface area contributed by atoms with E-state index in [2.05, 4.69) is 0 Å². The van der Waals surface area contributed by atoms with Crippen LogP contribution < -0.4 is 0 Å². The summed E-state index contributed by atoms with van der Waals surface area (Å²) in [6.07, 6.45) is 4.54. The van der Waals surface area contributed by atoms with Crippen LogP contribution in [0.2, 0.25) is 0 Å². The zero-order valence-corrected chi connectivity index (χ0v) is 16.5. The number of ether oxygens (including phenoxy) is 1. The van der Waals surface area contributed by atoms with Gasteiger partial charge in [-0.3, -0.25) is 4.79 Å². The summed E-state index contributed by atoms with van der Waals surface area (Å²) in [4.78, 5) is 27.0. The number of likely N-dealkylation sites (N-methyl/N-ethyl adjacent to an activating group) is 1. The van der Waals surface area contributed by atoms with Gasteiger partial charge >= 0.3 is 5.97 Å². The molecule has 1 amide bonds. The van der Waals surface area contributed by atoms with Crippen LogP contribution in [0.25, 0.3) is 0 Å². The Morgan fingerprint density at radius 3 is 2.52 bits per heavy atom. The van der Waals surface area contributed by atoms with Gasteiger partial charge in [0.05, 0.1) is 18.6 Å². The molecule has 1 saturated carbocycles. The number of carbonyl (C=O) groups excluding carboxylic acids is 2. The summed E-state index contributed by atoms with van der Waals surface area (Å²) >= 11 is 0. The third-order valence-electron chi connectivity index (χ3n) is 5.66. The fourth-order valence-electron chi connectivity index (χ4n) is 4.29. The van der Waals surface area contributed by atoms with Crippen LogP contribution in [0.4, 0.5) is 0 Å². The van der Waals surface area contributed by atoms with E-state index < -0.39 is 22.0 Å². The summed E-state index contributed by atoms with van der Waals surface area (Å²) in [5.74, 6) is -0.490. The Kier molecular flexibility index (Phi) is 5.86. The standard InChI is InChI=1S/C19H26N2O5S/c1-20(27(24,25)15-9-4-3-5-10-15)13-18(22)21-16-11-7-6-8-14(16)12-17(21)19(23)26-2/h3-5,9-10,14,16-17H,6-8,11-13H2,1-2H3. The third-order valence-corrected chi connectivity index (χ3v) is 7.48. The molecule has 0 radical (unpaired) electrons. The van der Waals surface area contributed by atoms with Crippen LogP contribution in [-0.2, 0) is 24.3 Å². The predicted molar refractivity (Wildman–Crippen MR) is 99.3 cm³/mol. The second kappa shape index (κ2) is 7.98. The quantitative estimate of drug-likeness (QED) is 0.709. The number of hydrogen-bond donors (Lipinski definition) is 0. The number of methoxy groups -OCH3 is 1. The molecule has 3 rings (SSSR count). The van der Waals surface area contributed by atoms with Crippen molar-refractivity contribution in [1.82, 2.24) is 9.21 Å². The molecule has 1 saturated heterocycles. The van der Waals surface area contributed by atoms with Crippen LogP contribution in [0.3, 0.4) is 0 Å². The number of esters is 1. The summed E-state index contributed by atoms with van der Waals surface area (Å²) < 4.78 is 31.3. The molecule has 1 heterocycles. The zero-order chi connectivity index (χ0) is 19.6. The maximum absolute atomic E-state index is 13.0. The van der Waals surface area contributed by atoms with E-state index in [-0.39, 0.29) is 29.3 Å². The molecule has 0 N–H and O–H groups in total. The van der Waals surface area contributed by atoms with E-state index >= 15 is 0 Å². The van der Waals surface area contributed by atoms with Crippen molar-refractivity contribution in [3.05, 3.63) is 30.3 Å². The Morgan fingerprint density at radius 1 is 1.19 bits per heavy atom. The van der Waals surface area contributed by atoms with Crippen molar-refractivity contribution in [3.8, 4) is 0 Å². The van der Waals surface area contributed by atoms with Crippen LogP contribution in [-0.4, -0.2) is 62.3 Å². The molecular weight excluding hydrogens is 368 g/mol. The van der Waals surface area contributed by atoms with Crippen molar-refractivity contribution in [3.63, 3.8) is 0 Å². The lowest BCUT2D eigenvalue weighted by molar-refractivity contribution is -0.152. The second-order valence-corrected chi connectivity index (χ2v) is 9.31. The van der Waals surface area contributed by atoms with Crippen molar-refractivity contribution in [2.45, 2.75) is 49.1 Å². The maximum Gasteiger partial charge on any atom is 0.328 e. The zero-order valence-electron chi connectivity index (χ0n) is 15.7. The molecule has 8 heteroatoms. The van der Waals surface area contributed by atoms with Gasteiger partial charge < -0.3 is 9.64 Å². The van der Waals surface area contributed by atoms with E-state index in [1.54, 1.807) is 23.1 Å². The Hall–Kier alpha value is -1.93. The van der Waals surface area contributed by atoms with Gasteiger partial charge in [-0.15, -0.1) is 0 Å². The number of hydrogen-bond acceptors (Lipinski definition) is 5. The van der Waals surface area contributed by atoms with Gasteiger partial charge in [0.15, 0.2) is 0 Å². The highest BCUT2D eigenvalue weighted by molar-refractivity contribution is 7.89. The van der Waals surface area contributed by atoms with Crippen molar-refractivity contribution in [2.75, 3.05) is 20.7 Å². The van der Waals surface area contributed by atoms with Gasteiger partial charge in [0.25, 0.3) is 0 Å². The van der Waals surface area contributed by atoms with Crippen molar-refractivity contribution in [1.29, 1.82) is 0 Å². The van der Waals surface area contributed by atoms with Crippen LogP contribution in [0, 0.1) is 5.92 Å². The smallest absolute Gasteiger partial charge is 0.328 e. The molecule has 0 aromatic heterocycles. The van der Waals surface area contributed by atoms with E-state index in [1.165, 1.54) is 26.3 Å². The Bertz CT molecular complexity index is 796. The molecular formula is C19H26N2O5S. The molecule has 148 valence electrons. The van der Waals surface area contributed by atoms with E-state index in [9.17, 15) is 18.0 Å². The first-order valence-corrected chi connectivity index (χ1v) is 10.7. The number of rotatable bonds is 5. The molecule has 1 aromatic rings. The summed E-state index contributed by atoms with van der Waals surface area (Å²) in [5.41, 5.74) is 0. The van der Waals surface area contributed by atoms with Gasteiger partial charge in [0, 0.05) is 13.1 Å². The first-order chi connectivity index (χ1) is 12.9. The third kappa shape index (κ3) is 3.87. The minimum absolute atomic E-state index is 0.0109. The number of sulfonamides is 1. The topological polar surface area (TPSA) is 84.0 Å². The molecule has 3 unspecified atom stereocenters. The summed E-state index contributed by atoms with van der Waals surface area (Å²) in [7, 11) is -1.06. The number of carbonyl (C=O) groups is 2. The Labute approximate surface area is 160 Å². The maximum atomic E-state index is 13.0. The number of benzene rings is 1. The second-order valence-electron chi connectivity index (χ2n) is 7.26. The van der Waals surface area contributed by atoms with Crippen LogP contribution in [0.1, 0.15) is 32.1 Å². The molecule has 7 nitrogen and oxygen atoms in total. The first-order valence-electron chi connectivity index (χ1n) is 9.26. The summed E-state index contributed by atoms with van der Waals surface area (Å²) in [5, 5.41) is 0. The molecule has 0 spiro atoms. The number of likely N-dealkylation sites (tertiary alicyclic amines) is 1. The normalized spacial score (nSPS) is 25.3. The first kappa shape index (κ1) is 19.8. The lowest BCUT2D eigenvalue weighted by atomic mass is 9.85. The average molecular weight is 394 g/mol. The highest BCUT2D eigenvalue weighted by atomic mass is 32.2. The lowest BCUT2D eigenvalue weighted by Crippen LogP contribution is -2.50. The van der Waals surface area contributed by atoms with E-state index in [0.717, 1.165) is 30.0 Å². The SMILES string of the molecule is COC(=O)C1CC2CCCCC2N1C(=O)CN(C)S(=O)(=O)c1ccccc1. The van der Waals surface area contributed by atoms with Gasteiger partial charge in [-0.25, -0.2) is 13.2 Å². The highest BCUT2D eigenvalue weighted by Crippen LogP contribution is 2.40. The largest absolute Gasteiger partial charge is 0.467 e. The van der Waals surface area contributed by atoms with Gasteiger partial charge in [0.2, 0.25) is 15.9 Å². The van der Waals surface area contributed by atoms with Crippen LogP contribution in [0.5, 0.6) is 0 Å². The van der Waals surface area contributed by atoms with Crippen molar-refractivity contribution < 1.29 is 22.7 Å². The van der Waals surface area contributed by atoms with E-state index in [4.69, 9.17) is 4.74 Å². The van der Waals surface area contributed by atoms with Gasteiger partial charge in [0.1, 0.15) is 6.04 Å². The molecule has 3 atom stereocenters. The number of amides is 1. The van der Waals surface area contributed by atoms with E-state index in [1.807, 2.05) is 0 Å². The fraction of sp³-hybridized carbons (Fsp3) is 0.579. The van der Waals surface area contributed by atoms with E-state index in [0.29, 0.717) is 6.42 Å². The molecule has 27 heavy (non-hydrogen) atoms. The highest BCUT2D eigenvalue weighted by Gasteiger charge is 2.48. The molecule has 1 aliphatic carbocycles.